The number of rotatable bonds is 3. The second-order valence-corrected chi connectivity index (χ2v) is 2.20. The van der Waals surface area contributed by atoms with Crippen molar-refractivity contribution in [3.63, 3.8) is 0 Å². The topological polar surface area (TPSA) is 27.7 Å². The molecule has 1 aromatic rings. The van der Waals surface area contributed by atoms with Gasteiger partial charge in [-0.25, -0.2) is 0 Å². The average molecular weight is 176 g/mol. The Kier molecular flexibility index (Phi) is 5.44. The molecular weight excluding hydrogens is 163 g/mol. The molecule has 4 heteroatoms. The summed E-state index contributed by atoms with van der Waals surface area (Å²) in [5.41, 5.74) is 0. The maximum Gasteiger partial charge on any atom is 1.00 e. The molecule has 3 nitrogen and oxygen atoms in total. The van der Waals surface area contributed by atoms with Gasteiger partial charge in [-0.05, 0) is 12.1 Å². The molecule has 0 bridgehead atoms. The van der Waals surface area contributed by atoms with Crippen molar-refractivity contribution in [2.75, 3.05) is 21.3 Å². The third-order valence-electron chi connectivity index (χ3n) is 1.59. The largest absolute Gasteiger partial charge is 1.00 e. The number of benzene rings is 1. The molecule has 0 spiro atoms. The maximum absolute atomic E-state index is 5.11. The van der Waals surface area contributed by atoms with Crippen LogP contribution in [-0.4, -0.2) is 21.3 Å². The van der Waals surface area contributed by atoms with Crippen LogP contribution in [-0.2, 0) is 0 Å². The van der Waals surface area contributed by atoms with Gasteiger partial charge in [0.2, 0.25) is 5.75 Å². The summed E-state index contributed by atoms with van der Waals surface area (Å²) in [6, 6.07) is 5.49. The molecule has 0 fully saturated rings. The quantitative estimate of drug-likeness (QED) is 0.543. The molecule has 0 aromatic heterocycles. The first-order chi connectivity index (χ1) is 5.83. The Morgan fingerprint density at radius 3 is 1.69 bits per heavy atom. The van der Waals surface area contributed by atoms with Crippen LogP contribution < -0.4 is 33.1 Å². The van der Waals surface area contributed by atoms with Gasteiger partial charge in [-0.3, -0.25) is 0 Å². The van der Waals surface area contributed by atoms with Crippen molar-refractivity contribution in [2.24, 2.45) is 0 Å². The fourth-order valence-electron chi connectivity index (χ4n) is 1.02. The Hall–Kier alpha value is -0.783. The van der Waals surface area contributed by atoms with E-state index in [9.17, 15) is 0 Å². The molecule has 13 heavy (non-hydrogen) atoms. The van der Waals surface area contributed by atoms with E-state index in [1.165, 1.54) is 0 Å². The van der Waals surface area contributed by atoms with Crippen LogP contribution in [0.1, 0.15) is 1.43 Å². The number of ether oxygens (including phenoxy) is 3. The van der Waals surface area contributed by atoms with Gasteiger partial charge in [0.15, 0.2) is 11.5 Å². The van der Waals surface area contributed by atoms with E-state index in [2.05, 4.69) is 0 Å². The van der Waals surface area contributed by atoms with Crippen molar-refractivity contribution in [2.45, 2.75) is 0 Å². The molecule has 0 radical (unpaired) electrons. The van der Waals surface area contributed by atoms with E-state index in [0.29, 0.717) is 17.2 Å². The van der Waals surface area contributed by atoms with E-state index >= 15 is 0 Å². The zero-order chi connectivity index (χ0) is 8.97. The standard InChI is InChI=1S/C9H12O3.Li.H/c1-10-7-5-4-6-8(11-2)9(7)12-3;;/h4-6H,1-3H3;;/q;+1;-1. The minimum atomic E-state index is 0. The van der Waals surface area contributed by atoms with Gasteiger partial charge in [0.25, 0.3) is 0 Å². The van der Waals surface area contributed by atoms with Crippen LogP contribution in [0.2, 0.25) is 0 Å². The van der Waals surface area contributed by atoms with E-state index in [-0.39, 0.29) is 20.3 Å². The van der Waals surface area contributed by atoms with Crippen LogP contribution in [0, 0.1) is 0 Å². The maximum atomic E-state index is 5.11. The second kappa shape index (κ2) is 5.79. The van der Waals surface area contributed by atoms with Crippen molar-refractivity contribution in [3.8, 4) is 17.2 Å². The van der Waals surface area contributed by atoms with Crippen molar-refractivity contribution in [1.29, 1.82) is 0 Å². The number of hydrogen-bond acceptors (Lipinski definition) is 3. The molecule has 0 N–H and O–H groups in total. The zero-order valence-corrected chi connectivity index (χ0v) is 8.46. The van der Waals surface area contributed by atoms with Crippen LogP contribution in [0.25, 0.3) is 0 Å². The molecule has 0 saturated carbocycles. The molecule has 0 unspecified atom stereocenters. The second-order valence-electron chi connectivity index (χ2n) is 2.20. The van der Waals surface area contributed by atoms with Crippen LogP contribution in [0.5, 0.6) is 17.2 Å². The van der Waals surface area contributed by atoms with E-state index in [4.69, 9.17) is 14.2 Å². The molecule has 0 heterocycles. The third kappa shape index (κ3) is 2.58. The van der Waals surface area contributed by atoms with Crippen LogP contribution >= 0.6 is 0 Å². The molecule has 0 saturated heterocycles. The van der Waals surface area contributed by atoms with E-state index in [1.54, 1.807) is 21.3 Å². The molecule has 1 rings (SSSR count). The third-order valence-corrected chi connectivity index (χ3v) is 1.59. The Morgan fingerprint density at radius 2 is 1.38 bits per heavy atom. The fourth-order valence-corrected chi connectivity index (χ4v) is 1.02. The molecule has 0 aliphatic carbocycles. The van der Waals surface area contributed by atoms with Gasteiger partial charge >= 0.3 is 18.9 Å². The number of hydrogen-bond donors (Lipinski definition) is 0. The molecule has 68 valence electrons. The van der Waals surface area contributed by atoms with Gasteiger partial charge in [0, 0.05) is 0 Å². The summed E-state index contributed by atoms with van der Waals surface area (Å²) in [7, 11) is 4.77. The zero-order valence-electron chi connectivity index (χ0n) is 9.46. The van der Waals surface area contributed by atoms with Gasteiger partial charge in [-0.1, -0.05) is 6.07 Å². The summed E-state index contributed by atoms with van der Waals surface area (Å²) in [4.78, 5) is 0. The molecular formula is C9H13LiO3. The number of para-hydroxylation sites is 1. The first kappa shape index (κ1) is 12.2. The van der Waals surface area contributed by atoms with Crippen molar-refractivity contribution in [1.82, 2.24) is 0 Å². The monoisotopic (exact) mass is 176 g/mol. The normalized spacial score (nSPS) is 8.54. The van der Waals surface area contributed by atoms with Gasteiger partial charge in [-0.15, -0.1) is 0 Å². The Morgan fingerprint density at radius 1 is 0.923 bits per heavy atom. The summed E-state index contributed by atoms with van der Waals surface area (Å²) in [6.45, 7) is 0. The van der Waals surface area contributed by atoms with Crippen molar-refractivity contribution >= 4 is 0 Å². The summed E-state index contributed by atoms with van der Waals surface area (Å²) >= 11 is 0. The SMILES string of the molecule is COc1cccc(OC)c1OC.[H-].[Li+]. The van der Waals surface area contributed by atoms with Crippen LogP contribution in [0.3, 0.4) is 0 Å². The smallest absolute Gasteiger partial charge is 1.00 e. The van der Waals surface area contributed by atoms with Gasteiger partial charge in [0.05, 0.1) is 21.3 Å². The van der Waals surface area contributed by atoms with Crippen LogP contribution in [0.4, 0.5) is 0 Å². The predicted molar refractivity (Wildman–Crippen MR) is 47.2 cm³/mol. The minimum Gasteiger partial charge on any atom is -1.00 e. The fraction of sp³-hybridized carbons (Fsp3) is 0.333. The Bertz CT molecular complexity index is 246. The number of methoxy groups -OCH3 is 3. The molecule has 0 aliphatic heterocycles. The van der Waals surface area contributed by atoms with Gasteiger partial charge < -0.3 is 15.6 Å². The average Bonchev–Trinajstić information content (AvgIpc) is 2.16. The molecule has 1 aromatic carbocycles. The van der Waals surface area contributed by atoms with E-state index in [0.717, 1.165) is 0 Å². The van der Waals surface area contributed by atoms with Crippen LogP contribution in [0.15, 0.2) is 18.2 Å². The minimum absolute atomic E-state index is 0. The predicted octanol–water partition coefficient (Wildman–Crippen LogP) is -1.17. The summed E-state index contributed by atoms with van der Waals surface area (Å²) in [5.74, 6) is 1.98. The van der Waals surface area contributed by atoms with Crippen molar-refractivity contribution in [3.05, 3.63) is 18.2 Å². The molecule has 0 amide bonds. The molecule has 0 aliphatic rings. The van der Waals surface area contributed by atoms with Gasteiger partial charge in [-0.2, -0.15) is 0 Å². The Balaban J connectivity index is 0. The van der Waals surface area contributed by atoms with Gasteiger partial charge in [0.1, 0.15) is 0 Å². The first-order valence-electron chi connectivity index (χ1n) is 3.58. The first-order valence-corrected chi connectivity index (χ1v) is 3.58. The Labute approximate surface area is 91.6 Å². The summed E-state index contributed by atoms with van der Waals surface area (Å²) in [5, 5.41) is 0. The molecule has 0 atom stereocenters. The summed E-state index contributed by atoms with van der Waals surface area (Å²) < 4.78 is 15.3. The summed E-state index contributed by atoms with van der Waals surface area (Å²) in [6.07, 6.45) is 0. The van der Waals surface area contributed by atoms with Crippen molar-refractivity contribution < 1.29 is 34.5 Å². The van der Waals surface area contributed by atoms with E-state index < -0.39 is 0 Å². The van der Waals surface area contributed by atoms with E-state index in [1.807, 2.05) is 18.2 Å².